The summed E-state index contributed by atoms with van der Waals surface area (Å²) < 4.78 is 22.4. The standard InChI is InChI=1S/C26H31FN2O3/c1-15-7-9-18(10-8-15)21-19-13-16(2)29-12-11-28(14-27)22(23(19)29)17(3)20(21)24(25(30)31)32-26(4,5)6/h7-10,13,24H,11-12,14H2,1-6H3,(H,30,31)/t24-/m0/s1. The predicted octanol–water partition coefficient (Wildman–Crippen LogP) is 5.92. The van der Waals surface area contributed by atoms with Crippen molar-refractivity contribution < 1.29 is 19.0 Å². The smallest absolute Gasteiger partial charge is 0.337 e. The molecular formula is C26H31FN2O3. The molecule has 2 heterocycles. The molecule has 6 heteroatoms. The molecule has 32 heavy (non-hydrogen) atoms. The topological polar surface area (TPSA) is 54.7 Å². The van der Waals surface area contributed by atoms with Crippen molar-refractivity contribution in [3.8, 4) is 11.1 Å². The molecule has 2 aromatic carbocycles. The van der Waals surface area contributed by atoms with Gasteiger partial charge in [0.1, 0.15) is 0 Å². The van der Waals surface area contributed by atoms with Gasteiger partial charge in [0.05, 0.1) is 16.8 Å². The lowest BCUT2D eigenvalue weighted by Crippen LogP contribution is -2.33. The Hall–Kier alpha value is -2.86. The lowest BCUT2D eigenvalue weighted by atomic mass is 9.87. The minimum Gasteiger partial charge on any atom is -0.479 e. The van der Waals surface area contributed by atoms with Gasteiger partial charge in [0.25, 0.3) is 0 Å². The second-order valence-corrected chi connectivity index (χ2v) is 9.66. The Morgan fingerprint density at radius 3 is 2.38 bits per heavy atom. The van der Waals surface area contributed by atoms with Crippen LogP contribution in [0.15, 0.2) is 30.3 Å². The third-order valence-corrected chi connectivity index (χ3v) is 6.18. The second kappa shape index (κ2) is 7.93. The number of hydrogen-bond acceptors (Lipinski definition) is 3. The van der Waals surface area contributed by atoms with Gasteiger partial charge in [0, 0.05) is 29.7 Å². The summed E-state index contributed by atoms with van der Waals surface area (Å²) in [5.41, 5.74) is 6.37. The molecular weight excluding hydrogens is 407 g/mol. The van der Waals surface area contributed by atoms with Gasteiger partial charge in [0.2, 0.25) is 0 Å². The van der Waals surface area contributed by atoms with Crippen molar-refractivity contribution >= 4 is 22.6 Å². The molecule has 5 nitrogen and oxygen atoms in total. The van der Waals surface area contributed by atoms with E-state index in [1.807, 2.05) is 65.8 Å². The van der Waals surface area contributed by atoms with Crippen LogP contribution < -0.4 is 4.90 Å². The van der Waals surface area contributed by atoms with E-state index in [4.69, 9.17) is 4.74 Å². The highest BCUT2D eigenvalue weighted by molar-refractivity contribution is 6.07. The molecule has 0 bridgehead atoms. The van der Waals surface area contributed by atoms with Crippen molar-refractivity contribution in [3.05, 3.63) is 52.7 Å². The van der Waals surface area contributed by atoms with E-state index in [0.29, 0.717) is 18.7 Å². The van der Waals surface area contributed by atoms with Gasteiger partial charge in [-0.3, -0.25) is 0 Å². The van der Waals surface area contributed by atoms with Crippen LogP contribution in [0.5, 0.6) is 0 Å². The van der Waals surface area contributed by atoms with Crippen LogP contribution in [-0.2, 0) is 16.1 Å². The number of rotatable bonds is 5. The fraction of sp³-hybridized carbons (Fsp3) is 0.423. The van der Waals surface area contributed by atoms with E-state index in [9.17, 15) is 14.3 Å². The lowest BCUT2D eigenvalue weighted by molar-refractivity contribution is -0.160. The van der Waals surface area contributed by atoms with Crippen molar-refractivity contribution in [2.75, 3.05) is 18.2 Å². The van der Waals surface area contributed by atoms with Gasteiger partial charge in [-0.2, -0.15) is 0 Å². The maximum absolute atomic E-state index is 14.1. The van der Waals surface area contributed by atoms with Gasteiger partial charge in [-0.05, 0) is 64.3 Å². The number of carbonyl (C=O) groups is 1. The summed E-state index contributed by atoms with van der Waals surface area (Å²) in [4.78, 5) is 14.2. The minimum absolute atomic E-state index is 0.538. The lowest BCUT2D eigenvalue weighted by Gasteiger charge is -2.34. The van der Waals surface area contributed by atoms with Gasteiger partial charge in [-0.15, -0.1) is 0 Å². The Labute approximate surface area is 188 Å². The summed E-state index contributed by atoms with van der Waals surface area (Å²) >= 11 is 0. The molecule has 0 aliphatic carbocycles. The average molecular weight is 439 g/mol. The fourth-order valence-corrected chi connectivity index (χ4v) is 4.83. The number of nitrogens with zero attached hydrogens (tertiary/aromatic N) is 2. The number of carboxylic acids is 1. The molecule has 1 N–H and O–H groups in total. The molecule has 1 aromatic heterocycles. The Morgan fingerprint density at radius 2 is 1.81 bits per heavy atom. The number of alkyl halides is 1. The van der Waals surface area contributed by atoms with Crippen LogP contribution >= 0.6 is 0 Å². The largest absolute Gasteiger partial charge is 0.479 e. The van der Waals surface area contributed by atoms with Crippen molar-refractivity contribution in [2.45, 2.75) is 59.8 Å². The van der Waals surface area contributed by atoms with Gasteiger partial charge >= 0.3 is 5.97 Å². The first-order valence-corrected chi connectivity index (χ1v) is 11.0. The highest BCUT2D eigenvalue weighted by atomic mass is 19.1. The van der Waals surface area contributed by atoms with Crippen LogP contribution in [0.2, 0.25) is 0 Å². The zero-order valence-electron chi connectivity index (χ0n) is 19.6. The van der Waals surface area contributed by atoms with Crippen LogP contribution in [0.25, 0.3) is 22.0 Å². The second-order valence-electron chi connectivity index (χ2n) is 9.66. The monoisotopic (exact) mass is 438 g/mol. The SMILES string of the molecule is Cc1ccc(-c2c([C@H](OC(C)(C)C)C(=O)O)c(C)c3c4c2cc(C)n4CCN3CF)cc1. The average Bonchev–Trinajstić information content (AvgIpc) is 3.05. The Bertz CT molecular complexity index is 1190. The first-order chi connectivity index (χ1) is 15.0. The Morgan fingerprint density at radius 1 is 1.16 bits per heavy atom. The van der Waals surface area contributed by atoms with Crippen LogP contribution in [0.4, 0.5) is 10.1 Å². The van der Waals surface area contributed by atoms with Gasteiger partial charge in [-0.25, -0.2) is 9.18 Å². The first-order valence-electron chi connectivity index (χ1n) is 11.0. The molecule has 0 amide bonds. The molecule has 170 valence electrons. The highest BCUT2D eigenvalue weighted by Crippen LogP contribution is 2.47. The number of benzene rings is 2. The van der Waals surface area contributed by atoms with Crippen LogP contribution in [0.3, 0.4) is 0 Å². The third kappa shape index (κ3) is 3.66. The molecule has 0 unspecified atom stereocenters. The van der Waals surface area contributed by atoms with E-state index in [1.54, 1.807) is 4.90 Å². The maximum Gasteiger partial charge on any atom is 0.337 e. The van der Waals surface area contributed by atoms with E-state index in [2.05, 4.69) is 10.6 Å². The van der Waals surface area contributed by atoms with Crippen molar-refractivity contribution in [2.24, 2.45) is 0 Å². The number of carboxylic acid groups (broad SMARTS) is 1. The Kier molecular flexibility index (Phi) is 5.53. The summed E-state index contributed by atoms with van der Waals surface area (Å²) in [6, 6.07) is 10.2. The molecule has 0 saturated carbocycles. The quantitative estimate of drug-likeness (QED) is 0.502. The molecule has 0 spiro atoms. The summed E-state index contributed by atoms with van der Waals surface area (Å²) in [7, 11) is 0. The molecule has 1 atom stereocenters. The molecule has 1 aliphatic heterocycles. The number of halogens is 1. The van der Waals surface area contributed by atoms with Crippen LogP contribution in [-0.4, -0.2) is 34.6 Å². The zero-order chi connectivity index (χ0) is 23.4. The third-order valence-electron chi connectivity index (χ3n) is 6.18. The minimum atomic E-state index is -1.18. The zero-order valence-corrected chi connectivity index (χ0v) is 19.6. The number of aliphatic carboxylic acids is 1. The normalized spacial score (nSPS) is 14.8. The highest BCUT2D eigenvalue weighted by Gasteiger charge is 2.35. The van der Waals surface area contributed by atoms with Gasteiger partial charge in [0.15, 0.2) is 12.9 Å². The molecule has 0 fully saturated rings. The van der Waals surface area contributed by atoms with Crippen molar-refractivity contribution in [1.82, 2.24) is 4.57 Å². The fourth-order valence-electron chi connectivity index (χ4n) is 4.83. The molecule has 1 aliphatic rings. The number of ether oxygens (including phenoxy) is 1. The summed E-state index contributed by atoms with van der Waals surface area (Å²) in [6.45, 7) is 12.1. The number of aromatic nitrogens is 1. The van der Waals surface area contributed by atoms with E-state index in [0.717, 1.165) is 44.5 Å². The molecule has 0 saturated heterocycles. The number of anilines is 1. The summed E-state index contributed by atoms with van der Waals surface area (Å²) in [6.07, 6.45) is -1.18. The van der Waals surface area contributed by atoms with Gasteiger partial charge < -0.3 is 19.3 Å². The first kappa shape index (κ1) is 22.3. The molecule has 0 radical (unpaired) electrons. The van der Waals surface area contributed by atoms with Crippen LogP contribution in [0, 0.1) is 20.8 Å². The maximum atomic E-state index is 14.1. The van der Waals surface area contributed by atoms with Crippen molar-refractivity contribution in [1.29, 1.82) is 0 Å². The van der Waals surface area contributed by atoms with E-state index in [-0.39, 0.29) is 0 Å². The summed E-state index contributed by atoms with van der Waals surface area (Å²) in [5, 5.41) is 11.2. The predicted molar refractivity (Wildman–Crippen MR) is 126 cm³/mol. The number of hydrogen-bond donors (Lipinski definition) is 1. The Balaban J connectivity index is 2.16. The molecule has 3 aromatic rings. The number of aryl methyl sites for hydroxylation is 2. The summed E-state index contributed by atoms with van der Waals surface area (Å²) in [5.74, 6) is -1.05. The van der Waals surface area contributed by atoms with Crippen LogP contribution in [0.1, 0.15) is 49.3 Å². The van der Waals surface area contributed by atoms with Crippen molar-refractivity contribution in [3.63, 3.8) is 0 Å². The van der Waals surface area contributed by atoms with E-state index in [1.165, 1.54) is 0 Å². The van der Waals surface area contributed by atoms with E-state index < -0.39 is 24.5 Å². The molecule has 4 rings (SSSR count). The van der Waals surface area contributed by atoms with Gasteiger partial charge in [-0.1, -0.05) is 29.8 Å². The van der Waals surface area contributed by atoms with E-state index >= 15 is 0 Å².